The van der Waals surface area contributed by atoms with Crippen LogP contribution in [-0.4, -0.2) is 12.3 Å². The van der Waals surface area contributed by atoms with E-state index >= 15 is 0 Å². The number of hydrogen-bond donors (Lipinski definition) is 1. The fourth-order valence-corrected chi connectivity index (χ4v) is 2.54. The predicted octanol–water partition coefficient (Wildman–Crippen LogP) is 3.99. The summed E-state index contributed by atoms with van der Waals surface area (Å²) >= 11 is 3.00. The second-order valence-corrected chi connectivity index (χ2v) is 5.78. The molecule has 20 heavy (non-hydrogen) atoms. The summed E-state index contributed by atoms with van der Waals surface area (Å²) in [6, 6.07) is 2.46. The molecule has 2 nitrogen and oxygen atoms in total. The normalized spacial score (nSPS) is 12.4. The van der Waals surface area contributed by atoms with Gasteiger partial charge in [0.25, 0.3) is 0 Å². The standard InChI is InChI=1S/C15H20BrF2NO/c1-2-10(7-8-19)3-4-11(20)9-12-14(17)6-5-13(16)15(12)18/h5-6,10H,2-4,7-9,19H2,1H3. The van der Waals surface area contributed by atoms with Gasteiger partial charge in [0.05, 0.1) is 4.47 Å². The Morgan fingerprint density at radius 1 is 1.35 bits per heavy atom. The van der Waals surface area contributed by atoms with Crippen LogP contribution >= 0.6 is 15.9 Å². The molecule has 0 amide bonds. The molecule has 0 spiro atoms. The lowest BCUT2D eigenvalue weighted by molar-refractivity contribution is -0.118. The van der Waals surface area contributed by atoms with Gasteiger partial charge in [-0.3, -0.25) is 4.79 Å². The van der Waals surface area contributed by atoms with Gasteiger partial charge in [0.2, 0.25) is 0 Å². The van der Waals surface area contributed by atoms with Gasteiger partial charge in [0, 0.05) is 18.4 Å². The lowest BCUT2D eigenvalue weighted by atomic mass is 9.94. The van der Waals surface area contributed by atoms with E-state index < -0.39 is 11.6 Å². The van der Waals surface area contributed by atoms with E-state index in [0.29, 0.717) is 18.9 Å². The lowest BCUT2D eigenvalue weighted by Crippen LogP contribution is -2.12. The smallest absolute Gasteiger partial charge is 0.143 e. The monoisotopic (exact) mass is 347 g/mol. The average Bonchev–Trinajstić information content (AvgIpc) is 2.43. The first kappa shape index (κ1) is 17.2. The number of carbonyl (C=O) groups excluding carboxylic acids is 1. The van der Waals surface area contributed by atoms with Crippen LogP contribution in [0.3, 0.4) is 0 Å². The van der Waals surface area contributed by atoms with Crippen LogP contribution in [0.15, 0.2) is 16.6 Å². The molecule has 0 fully saturated rings. The molecule has 1 unspecified atom stereocenters. The third-order valence-electron chi connectivity index (χ3n) is 3.50. The zero-order valence-corrected chi connectivity index (χ0v) is 13.2. The largest absolute Gasteiger partial charge is 0.330 e. The van der Waals surface area contributed by atoms with Gasteiger partial charge in [0.1, 0.15) is 17.4 Å². The number of nitrogens with two attached hydrogens (primary N) is 1. The molecule has 0 saturated carbocycles. The molecule has 112 valence electrons. The molecule has 0 aliphatic rings. The van der Waals surface area contributed by atoms with Crippen LogP contribution in [0.2, 0.25) is 0 Å². The van der Waals surface area contributed by atoms with E-state index in [-0.39, 0.29) is 22.2 Å². The van der Waals surface area contributed by atoms with Crippen LogP contribution in [0.4, 0.5) is 8.78 Å². The van der Waals surface area contributed by atoms with Gasteiger partial charge in [-0.2, -0.15) is 0 Å². The Morgan fingerprint density at radius 3 is 2.65 bits per heavy atom. The summed E-state index contributed by atoms with van der Waals surface area (Å²) in [6.45, 7) is 2.65. The summed E-state index contributed by atoms with van der Waals surface area (Å²) in [5.74, 6) is -1.10. The molecule has 1 aromatic carbocycles. The Labute approximate surface area is 126 Å². The van der Waals surface area contributed by atoms with E-state index in [9.17, 15) is 13.6 Å². The zero-order valence-electron chi connectivity index (χ0n) is 11.6. The van der Waals surface area contributed by atoms with Crippen LogP contribution in [-0.2, 0) is 11.2 Å². The van der Waals surface area contributed by atoms with Crippen LogP contribution in [0.5, 0.6) is 0 Å². The summed E-state index contributed by atoms with van der Waals surface area (Å²) in [4.78, 5) is 11.9. The third kappa shape index (κ3) is 4.94. The number of hydrogen-bond acceptors (Lipinski definition) is 2. The Balaban J connectivity index is 2.61. The number of carbonyl (C=O) groups is 1. The molecule has 0 saturated heterocycles. The number of ketones is 1. The molecular formula is C15H20BrF2NO. The fourth-order valence-electron chi connectivity index (χ4n) is 2.17. The molecule has 2 N–H and O–H groups in total. The van der Waals surface area contributed by atoms with Crippen molar-refractivity contribution >= 4 is 21.7 Å². The van der Waals surface area contributed by atoms with E-state index in [1.54, 1.807) is 0 Å². The Morgan fingerprint density at radius 2 is 2.05 bits per heavy atom. The van der Waals surface area contributed by atoms with Gasteiger partial charge < -0.3 is 5.73 Å². The molecule has 1 aromatic rings. The average molecular weight is 348 g/mol. The summed E-state index contributed by atoms with van der Waals surface area (Å²) in [5.41, 5.74) is 5.35. The second kappa shape index (κ2) is 8.47. The highest BCUT2D eigenvalue weighted by molar-refractivity contribution is 9.10. The maximum Gasteiger partial charge on any atom is 0.143 e. The van der Waals surface area contributed by atoms with E-state index in [1.165, 1.54) is 12.1 Å². The molecule has 5 heteroatoms. The van der Waals surface area contributed by atoms with E-state index in [2.05, 4.69) is 22.9 Å². The highest BCUT2D eigenvalue weighted by Gasteiger charge is 2.16. The van der Waals surface area contributed by atoms with Gasteiger partial charge in [-0.15, -0.1) is 0 Å². The van der Waals surface area contributed by atoms with Crippen LogP contribution in [0.1, 0.15) is 38.2 Å². The van der Waals surface area contributed by atoms with Crippen LogP contribution in [0.25, 0.3) is 0 Å². The van der Waals surface area contributed by atoms with Crippen molar-refractivity contribution in [3.05, 3.63) is 33.8 Å². The zero-order chi connectivity index (χ0) is 15.1. The first-order valence-corrected chi connectivity index (χ1v) is 7.63. The van der Waals surface area contributed by atoms with Crippen molar-refractivity contribution in [1.29, 1.82) is 0 Å². The fraction of sp³-hybridized carbons (Fsp3) is 0.533. The van der Waals surface area contributed by atoms with Crippen molar-refractivity contribution in [3.8, 4) is 0 Å². The van der Waals surface area contributed by atoms with E-state index in [0.717, 1.165) is 19.3 Å². The van der Waals surface area contributed by atoms with Crippen molar-refractivity contribution in [2.75, 3.05) is 6.54 Å². The van der Waals surface area contributed by atoms with Crippen LogP contribution < -0.4 is 5.73 Å². The Kier molecular flexibility index (Phi) is 7.30. The SMILES string of the molecule is CCC(CCN)CCC(=O)Cc1c(F)ccc(Br)c1F. The summed E-state index contributed by atoms with van der Waals surface area (Å²) in [7, 11) is 0. The maximum absolute atomic E-state index is 13.8. The molecule has 0 bridgehead atoms. The number of rotatable bonds is 8. The van der Waals surface area contributed by atoms with Gasteiger partial charge in [-0.05, 0) is 53.4 Å². The molecule has 0 radical (unpaired) electrons. The summed E-state index contributed by atoms with van der Waals surface area (Å²) < 4.78 is 27.5. The molecule has 0 aromatic heterocycles. The van der Waals surface area contributed by atoms with Gasteiger partial charge in [-0.1, -0.05) is 13.3 Å². The van der Waals surface area contributed by atoms with E-state index in [1.807, 2.05) is 0 Å². The topological polar surface area (TPSA) is 43.1 Å². The minimum Gasteiger partial charge on any atom is -0.330 e. The summed E-state index contributed by atoms with van der Waals surface area (Å²) in [5, 5.41) is 0. The Hall–Kier alpha value is -0.810. The number of halogens is 3. The molecule has 0 aliphatic heterocycles. The minimum absolute atomic E-state index is 0.142. The first-order chi connectivity index (χ1) is 9.49. The van der Waals surface area contributed by atoms with Gasteiger partial charge in [0.15, 0.2) is 0 Å². The van der Waals surface area contributed by atoms with Crippen molar-refractivity contribution in [1.82, 2.24) is 0 Å². The van der Waals surface area contributed by atoms with E-state index in [4.69, 9.17) is 5.73 Å². The Bertz CT molecular complexity index is 465. The third-order valence-corrected chi connectivity index (χ3v) is 4.11. The highest BCUT2D eigenvalue weighted by Crippen LogP contribution is 2.23. The molecule has 1 atom stereocenters. The number of benzene rings is 1. The minimum atomic E-state index is -0.688. The quantitative estimate of drug-likeness (QED) is 0.722. The molecular weight excluding hydrogens is 328 g/mol. The summed E-state index contributed by atoms with van der Waals surface area (Å²) in [6.07, 6.45) is 2.71. The molecule has 0 aliphatic carbocycles. The van der Waals surface area contributed by atoms with Gasteiger partial charge >= 0.3 is 0 Å². The van der Waals surface area contributed by atoms with Crippen molar-refractivity contribution < 1.29 is 13.6 Å². The van der Waals surface area contributed by atoms with Crippen LogP contribution in [0, 0.1) is 17.6 Å². The van der Waals surface area contributed by atoms with Crippen molar-refractivity contribution in [2.45, 2.75) is 39.0 Å². The second-order valence-electron chi connectivity index (χ2n) is 4.93. The first-order valence-electron chi connectivity index (χ1n) is 6.83. The molecule has 0 heterocycles. The highest BCUT2D eigenvalue weighted by atomic mass is 79.9. The number of Topliss-reactive ketones (excluding diaryl/α,β-unsaturated/α-hetero) is 1. The van der Waals surface area contributed by atoms with Crippen molar-refractivity contribution in [2.24, 2.45) is 11.7 Å². The lowest BCUT2D eigenvalue weighted by Gasteiger charge is -2.13. The maximum atomic E-state index is 13.8. The predicted molar refractivity (Wildman–Crippen MR) is 79.5 cm³/mol. The molecule has 1 rings (SSSR count). The van der Waals surface area contributed by atoms with Gasteiger partial charge in [-0.25, -0.2) is 8.78 Å². The van der Waals surface area contributed by atoms with Crippen molar-refractivity contribution in [3.63, 3.8) is 0 Å².